The lowest BCUT2D eigenvalue weighted by Gasteiger charge is -2.13. The normalized spacial score (nSPS) is 16.5. The average molecular weight is 318 g/mol. The first kappa shape index (κ1) is 14.1. The Hall–Kier alpha value is -1.86. The van der Waals surface area contributed by atoms with E-state index in [0.29, 0.717) is 11.4 Å². The summed E-state index contributed by atoms with van der Waals surface area (Å²) in [6.07, 6.45) is 1.56. The number of nitrogens with two attached hydrogens (primary N) is 1. The Balaban J connectivity index is 1.86. The molecule has 3 rings (SSSR count). The Morgan fingerprint density at radius 1 is 1.52 bits per heavy atom. The standard InChI is InChI=1S/C14H14N4OS2/c1-18-13(9(6-16-18)12(15)20)17-14(19)10-7-21-11-5-3-2-4-8(10)11/h2-6,10H,7H2,1H3,(H2,15,20)(H,17,19). The van der Waals surface area contributed by atoms with Gasteiger partial charge in [-0.2, -0.15) is 5.10 Å². The third-order valence-electron chi connectivity index (χ3n) is 3.46. The van der Waals surface area contributed by atoms with Crippen molar-refractivity contribution in [3.63, 3.8) is 0 Å². The zero-order chi connectivity index (χ0) is 15.0. The van der Waals surface area contributed by atoms with E-state index in [1.807, 2.05) is 24.3 Å². The van der Waals surface area contributed by atoms with Crippen LogP contribution in [0, 0.1) is 0 Å². The van der Waals surface area contributed by atoms with Crippen LogP contribution in [0.1, 0.15) is 17.0 Å². The average Bonchev–Trinajstić information content (AvgIpc) is 3.03. The summed E-state index contributed by atoms with van der Waals surface area (Å²) in [5, 5.41) is 6.99. The molecule has 1 atom stereocenters. The number of amides is 1. The van der Waals surface area contributed by atoms with Crippen molar-refractivity contribution in [3.8, 4) is 0 Å². The Labute approximate surface area is 131 Å². The molecule has 5 nitrogen and oxygen atoms in total. The molecule has 21 heavy (non-hydrogen) atoms. The molecule has 0 bridgehead atoms. The van der Waals surface area contributed by atoms with Gasteiger partial charge in [0.05, 0.1) is 17.7 Å². The minimum Gasteiger partial charge on any atom is -0.389 e. The molecule has 1 aromatic carbocycles. The highest BCUT2D eigenvalue weighted by atomic mass is 32.2. The summed E-state index contributed by atoms with van der Waals surface area (Å²) in [4.78, 5) is 13.9. The molecular formula is C14H14N4OS2. The fraction of sp³-hybridized carbons (Fsp3) is 0.214. The number of rotatable bonds is 3. The number of aryl methyl sites for hydroxylation is 1. The second-order valence-corrected chi connectivity index (χ2v) is 6.29. The van der Waals surface area contributed by atoms with Crippen molar-refractivity contribution in [1.82, 2.24) is 9.78 Å². The maximum absolute atomic E-state index is 12.6. The molecule has 0 aliphatic carbocycles. The molecule has 0 saturated heterocycles. The molecule has 1 aromatic heterocycles. The van der Waals surface area contributed by atoms with Crippen molar-refractivity contribution in [3.05, 3.63) is 41.6 Å². The SMILES string of the molecule is Cn1ncc(C(N)=S)c1NC(=O)C1CSc2ccccc21. The molecule has 7 heteroatoms. The zero-order valence-corrected chi connectivity index (χ0v) is 13.0. The lowest BCUT2D eigenvalue weighted by Crippen LogP contribution is -2.24. The maximum atomic E-state index is 12.6. The summed E-state index contributed by atoms with van der Waals surface area (Å²) in [6, 6.07) is 7.97. The van der Waals surface area contributed by atoms with E-state index < -0.39 is 0 Å². The topological polar surface area (TPSA) is 72.9 Å². The number of fused-ring (bicyclic) bond motifs is 1. The molecule has 108 valence electrons. The highest BCUT2D eigenvalue weighted by Gasteiger charge is 2.30. The first-order valence-corrected chi connectivity index (χ1v) is 7.81. The number of anilines is 1. The van der Waals surface area contributed by atoms with E-state index in [1.165, 1.54) is 0 Å². The molecule has 0 saturated carbocycles. The molecule has 1 aliphatic rings. The van der Waals surface area contributed by atoms with Crippen LogP contribution < -0.4 is 11.1 Å². The van der Waals surface area contributed by atoms with Gasteiger partial charge in [-0.15, -0.1) is 11.8 Å². The highest BCUT2D eigenvalue weighted by Crippen LogP contribution is 2.39. The van der Waals surface area contributed by atoms with Crippen molar-refractivity contribution >= 4 is 40.7 Å². The number of benzene rings is 1. The maximum Gasteiger partial charge on any atom is 0.233 e. The first-order chi connectivity index (χ1) is 10.1. The van der Waals surface area contributed by atoms with Crippen LogP contribution in [0.5, 0.6) is 0 Å². The van der Waals surface area contributed by atoms with Crippen molar-refractivity contribution in [2.24, 2.45) is 12.8 Å². The summed E-state index contributed by atoms with van der Waals surface area (Å²) in [5.41, 5.74) is 7.31. The smallest absolute Gasteiger partial charge is 0.233 e. The van der Waals surface area contributed by atoms with Gasteiger partial charge >= 0.3 is 0 Å². The van der Waals surface area contributed by atoms with Gasteiger partial charge in [0.25, 0.3) is 0 Å². The Kier molecular flexibility index (Phi) is 3.69. The number of carbonyl (C=O) groups is 1. The molecule has 0 radical (unpaired) electrons. The van der Waals surface area contributed by atoms with Gasteiger partial charge in [0.1, 0.15) is 10.8 Å². The van der Waals surface area contributed by atoms with Crippen LogP contribution in [0.25, 0.3) is 0 Å². The number of nitrogens with zero attached hydrogens (tertiary/aromatic N) is 2. The van der Waals surface area contributed by atoms with E-state index in [0.717, 1.165) is 16.2 Å². The van der Waals surface area contributed by atoms with Crippen LogP contribution in [-0.4, -0.2) is 26.4 Å². The molecule has 0 spiro atoms. The molecule has 0 fully saturated rings. The van der Waals surface area contributed by atoms with Crippen LogP contribution in [0.15, 0.2) is 35.4 Å². The number of aromatic nitrogens is 2. The molecule has 1 aliphatic heterocycles. The van der Waals surface area contributed by atoms with Gasteiger partial charge in [-0.1, -0.05) is 30.4 Å². The minimum atomic E-state index is -0.166. The number of thiocarbonyl (C=S) groups is 1. The van der Waals surface area contributed by atoms with Crippen LogP contribution in [0.2, 0.25) is 0 Å². The fourth-order valence-corrected chi connectivity index (χ4v) is 3.73. The number of carbonyl (C=O) groups excluding carboxylic acids is 1. The van der Waals surface area contributed by atoms with E-state index >= 15 is 0 Å². The van der Waals surface area contributed by atoms with E-state index in [1.54, 1.807) is 29.7 Å². The Morgan fingerprint density at radius 3 is 3.05 bits per heavy atom. The largest absolute Gasteiger partial charge is 0.389 e. The van der Waals surface area contributed by atoms with Crippen LogP contribution >= 0.6 is 24.0 Å². The number of hydrogen-bond donors (Lipinski definition) is 2. The Morgan fingerprint density at radius 2 is 2.29 bits per heavy atom. The third kappa shape index (κ3) is 2.54. The summed E-state index contributed by atoms with van der Waals surface area (Å²) < 4.78 is 1.57. The molecule has 2 aromatic rings. The third-order valence-corrected chi connectivity index (χ3v) is 4.86. The molecule has 3 N–H and O–H groups in total. The summed E-state index contributed by atoms with van der Waals surface area (Å²) >= 11 is 6.68. The summed E-state index contributed by atoms with van der Waals surface area (Å²) in [6.45, 7) is 0. The first-order valence-electron chi connectivity index (χ1n) is 6.42. The van der Waals surface area contributed by atoms with Crippen molar-refractivity contribution < 1.29 is 4.79 Å². The van der Waals surface area contributed by atoms with Crippen LogP contribution in [-0.2, 0) is 11.8 Å². The predicted molar refractivity (Wildman–Crippen MR) is 87.6 cm³/mol. The van der Waals surface area contributed by atoms with E-state index in [-0.39, 0.29) is 16.8 Å². The predicted octanol–water partition coefficient (Wildman–Crippen LogP) is 1.88. The number of nitrogens with one attached hydrogen (secondary N) is 1. The number of thioether (sulfide) groups is 1. The van der Waals surface area contributed by atoms with E-state index in [2.05, 4.69) is 10.4 Å². The van der Waals surface area contributed by atoms with Gasteiger partial charge < -0.3 is 11.1 Å². The van der Waals surface area contributed by atoms with Gasteiger partial charge in [0.2, 0.25) is 5.91 Å². The molecule has 1 unspecified atom stereocenters. The van der Waals surface area contributed by atoms with Crippen LogP contribution in [0.4, 0.5) is 5.82 Å². The lowest BCUT2D eigenvalue weighted by molar-refractivity contribution is -0.117. The molecule has 1 amide bonds. The lowest BCUT2D eigenvalue weighted by atomic mass is 10.0. The van der Waals surface area contributed by atoms with Gasteiger partial charge in [-0.3, -0.25) is 9.48 Å². The van der Waals surface area contributed by atoms with Crippen molar-refractivity contribution in [1.29, 1.82) is 0 Å². The molecule has 2 heterocycles. The van der Waals surface area contributed by atoms with Crippen LogP contribution in [0.3, 0.4) is 0 Å². The molecular weight excluding hydrogens is 304 g/mol. The Bertz CT molecular complexity index is 726. The van der Waals surface area contributed by atoms with Gasteiger partial charge in [-0.05, 0) is 11.6 Å². The van der Waals surface area contributed by atoms with Gasteiger partial charge in [0.15, 0.2) is 0 Å². The van der Waals surface area contributed by atoms with Gasteiger partial charge in [-0.25, -0.2) is 0 Å². The van der Waals surface area contributed by atoms with Gasteiger partial charge in [0, 0.05) is 17.7 Å². The highest BCUT2D eigenvalue weighted by molar-refractivity contribution is 7.99. The number of hydrogen-bond acceptors (Lipinski definition) is 4. The summed E-state index contributed by atoms with van der Waals surface area (Å²) in [7, 11) is 1.74. The zero-order valence-electron chi connectivity index (χ0n) is 11.4. The van der Waals surface area contributed by atoms with Crippen molar-refractivity contribution in [2.75, 3.05) is 11.1 Å². The summed E-state index contributed by atoms with van der Waals surface area (Å²) in [5.74, 6) is 1.06. The van der Waals surface area contributed by atoms with E-state index in [9.17, 15) is 4.79 Å². The quantitative estimate of drug-likeness (QED) is 0.846. The van der Waals surface area contributed by atoms with E-state index in [4.69, 9.17) is 18.0 Å². The monoisotopic (exact) mass is 318 g/mol. The second-order valence-electron chi connectivity index (χ2n) is 4.79. The minimum absolute atomic E-state index is 0.0615. The van der Waals surface area contributed by atoms with Crippen molar-refractivity contribution in [2.45, 2.75) is 10.8 Å². The fourth-order valence-electron chi connectivity index (χ4n) is 2.35. The second kappa shape index (κ2) is 5.50.